The lowest BCUT2D eigenvalue weighted by molar-refractivity contribution is -0.137. The molecule has 0 saturated heterocycles. The maximum Gasteiger partial charge on any atom is 0.303 e. The van der Waals surface area contributed by atoms with E-state index in [1.807, 2.05) is 25.1 Å². The van der Waals surface area contributed by atoms with Gasteiger partial charge in [-0.2, -0.15) is 0 Å². The van der Waals surface area contributed by atoms with E-state index in [1.165, 1.54) is 0 Å². The Bertz CT molecular complexity index is 1080. The van der Waals surface area contributed by atoms with Crippen molar-refractivity contribution in [3.63, 3.8) is 0 Å². The van der Waals surface area contributed by atoms with Gasteiger partial charge in [0.25, 0.3) is 10.0 Å². The van der Waals surface area contributed by atoms with Crippen LogP contribution >= 0.6 is 0 Å². The van der Waals surface area contributed by atoms with E-state index in [-0.39, 0.29) is 11.3 Å². The zero-order valence-corrected chi connectivity index (χ0v) is 15.7. The number of aliphatic carboxylic acids is 1. The fourth-order valence-corrected chi connectivity index (χ4v) is 3.82. The van der Waals surface area contributed by atoms with E-state index in [2.05, 4.69) is 9.71 Å². The summed E-state index contributed by atoms with van der Waals surface area (Å²) in [7, 11) is -3.73. The van der Waals surface area contributed by atoms with E-state index in [9.17, 15) is 13.2 Å². The van der Waals surface area contributed by atoms with Crippen LogP contribution < -0.4 is 4.72 Å². The van der Waals surface area contributed by atoms with Gasteiger partial charge in [-0.25, -0.2) is 8.42 Å². The van der Waals surface area contributed by atoms with Crippen LogP contribution in [-0.2, 0) is 21.2 Å². The third kappa shape index (κ3) is 4.62. The Morgan fingerprint density at radius 3 is 2.52 bits per heavy atom. The summed E-state index contributed by atoms with van der Waals surface area (Å²) in [5.74, 6) is -0.845. The number of benzene rings is 2. The molecule has 0 fully saturated rings. The minimum atomic E-state index is -3.73. The summed E-state index contributed by atoms with van der Waals surface area (Å²) in [6.45, 7) is 1.89. The molecular weight excluding hydrogens is 364 g/mol. The van der Waals surface area contributed by atoms with E-state index >= 15 is 0 Å². The second kappa shape index (κ2) is 7.75. The van der Waals surface area contributed by atoms with Crippen molar-refractivity contribution in [2.75, 3.05) is 4.72 Å². The summed E-state index contributed by atoms with van der Waals surface area (Å²) in [6, 6.07) is 15.6. The average molecular weight is 384 g/mol. The molecule has 3 aromatic rings. The van der Waals surface area contributed by atoms with Gasteiger partial charge in [-0.1, -0.05) is 35.9 Å². The van der Waals surface area contributed by atoms with Gasteiger partial charge < -0.3 is 5.11 Å². The van der Waals surface area contributed by atoms with Gasteiger partial charge in [-0.05, 0) is 44.0 Å². The van der Waals surface area contributed by atoms with Gasteiger partial charge in [0.1, 0.15) is 0 Å². The first-order valence-electron chi connectivity index (χ1n) is 8.55. The third-order valence-electron chi connectivity index (χ3n) is 4.18. The second-order valence-corrected chi connectivity index (χ2v) is 8.03. The number of aryl methyl sites for hydroxylation is 2. The molecule has 0 aliphatic heterocycles. The molecule has 2 N–H and O–H groups in total. The van der Waals surface area contributed by atoms with Gasteiger partial charge in [0, 0.05) is 17.5 Å². The number of carbonyl (C=O) groups is 1. The number of fused-ring (bicyclic) bond motifs is 1. The standard InChI is InChI=1S/C20H20N2O4S/c1-14-8-12-17(13-9-14)27(25,26)22-18-6-2-4-15-10-11-16(21-20(15)18)5-3-7-19(23)24/h2,4,6,8-13,22H,3,5,7H2,1H3,(H,23,24). The number of sulfonamides is 1. The molecule has 0 saturated carbocycles. The monoisotopic (exact) mass is 384 g/mol. The van der Waals surface area contributed by atoms with Gasteiger partial charge >= 0.3 is 5.97 Å². The van der Waals surface area contributed by atoms with E-state index in [0.717, 1.165) is 16.6 Å². The van der Waals surface area contributed by atoms with Crippen LogP contribution in [0.1, 0.15) is 24.1 Å². The van der Waals surface area contributed by atoms with Crippen molar-refractivity contribution in [1.29, 1.82) is 0 Å². The fourth-order valence-electron chi connectivity index (χ4n) is 2.75. The third-order valence-corrected chi connectivity index (χ3v) is 5.56. The zero-order chi connectivity index (χ0) is 19.4. The highest BCUT2D eigenvalue weighted by atomic mass is 32.2. The molecule has 0 aliphatic rings. The van der Waals surface area contributed by atoms with Crippen LogP contribution in [0.25, 0.3) is 10.9 Å². The minimum Gasteiger partial charge on any atom is -0.481 e. The summed E-state index contributed by atoms with van der Waals surface area (Å²) < 4.78 is 28.0. The molecule has 7 heteroatoms. The quantitative estimate of drug-likeness (QED) is 0.647. The maximum absolute atomic E-state index is 12.7. The molecule has 0 atom stereocenters. The number of para-hydroxylation sites is 1. The fraction of sp³-hybridized carbons (Fsp3) is 0.200. The first kappa shape index (κ1) is 18.8. The minimum absolute atomic E-state index is 0.0709. The average Bonchev–Trinajstić information content (AvgIpc) is 2.62. The van der Waals surface area contributed by atoms with Gasteiger partial charge in [0.2, 0.25) is 0 Å². The Labute approximate surface area is 157 Å². The molecule has 0 spiro atoms. The molecule has 140 valence electrons. The molecule has 6 nitrogen and oxygen atoms in total. The van der Waals surface area contributed by atoms with Crippen LogP contribution in [0, 0.1) is 6.92 Å². The van der Waals surface area contributed by atoms with Crippen molar-refractivity contribution in [2.24, 2.45) is 0 Å². The number of nitrogens with one attached hydrogen (secondary N) is 1. The Morgan fingerprint density at radius 2 is 1.81 bits per heavy atom. The van der Waals surface area contributed by atoms with Crippen LogP contribution in [0.15, 0.2) is 59.5 Å². The smallest absolute Gasteiger partial charge is 0.303 e. The Hall–Kier alpha value is -2.93. The first-order chi connectivity index (χ1) is 12.8. The highest BCUT2D eigenvalue weighted by molar-refractivity contribution is 7.92. The molecular formula is C20H20N2O4S. The molecule has 0 unspecified atom stereocenters. The van der Waals surface area contributed by atoms with E-state index in [0.29, 0.717) is 24.0 Å². The van der Waals surface area contributed by atoms with E-state index < -0.39 is 16.0 Å². The molecule has 1 aromatic heterocycles. The van der Waals surface area contributed by atoms with Crippen molar-refractivity contribution >= 4 is 32.6 Å². The molecule has 3 rings (SSSR count). The van der Waals surface area contributed by atoms with Gasteiger partial charge in [0.05, 0.1) is 16.1 Å². The molecule has 0 amide bonds. The molecule has 27 heavy (non-hydrogen) atoms. The Kier molecular flexibility index (Phi) is 5.41. The molecule has 0 radical (unpaired) electrons. The number of nitrogens with zero attached hydrogens (tertiary/aromatic N) is 1. The predicted molar refractivity (Wildman–Crippen MR) is 104 cm³/mol. The SMILES string of the molecule is Cc1ccc(S(=O)(=O)Nc2cccc3ccc(CCCC(=O)O)nc23)cc1. The van der Waals surface area contributed by atoms with Crippen molar-refractivity contribution < 1.29 is 18.3 Å². The van der Waals surface area contributed by atoms with Gasteiger partial charge in [0.15, 0.2) is 0 Å². The lowest BCUT2D eigenvalue weighted by atomic mass is 10.1. The Morgan fingerprint density at radius 1 is 1.07 bits per heavy atom. The first-order valence-corrected chi connectivity index (χ1v) is 10.0. The number of rotatable bonds is 7. The predicted octanol–water partition coefficient (Wildman–Crippen LogP) is 3.75. The molecule has 1 heterocycles. The number of anilines is 1. The van der Waals surface area contributed by atoms with Crippen molar-refractivity contribution in [3.05, 3.63) is 65.9 Å². The van der Waals surface area contributed by atoms with Crippen molar-refractivity contribution in [3.8, 4) is 0 Å². The van der Waals surface area contributed by atoms with Crippen LogP contribution in [0.3, 0.4) is 0 Å². The van der Waals surface area contributed by atoms with E-state index in [4.69, 9.17) is 5.11 Å². The van der Waals surface area contributed by atoms with Gasteiger partial charge in [-0.3, -0.25) is 14.5 Å². The number of pyridine rings is 1. The second-order valence-electron chi connectivity index (χ2n) is 6.35. The van der Waals surface area contributed by atoms with Gasteiger partial charge in [-0.15, -0.1) is 0 Å². The summed E-state index contributed by atoms with van der Waals surface area (Å²) >= 11 is 0. The van der Waals surface area contributed by atoms with Crippen LogP contribution in [0.2, 0.25) is 0 Å². The summed E-state index contributed by atoms with van der Waals surface area (Å²) in [6.07, 6.45) is 1.06. The topological polar surface area (TPSA) is 96.4 Å². The largest absolute Gasteiger partial charge is 0.481 e. The number of aromatic nitrogens is 1. The Balaban J connectivity index is 1.91. The number of carboxylic acids is 1. The number of hydrogen-bond donors (Lipinski definition) is 2. The summed E-state index contributed by atoms with van der Waals surface area (Å²) in [5.41, 5.74) is 2.65. The van der Waals surface area contributed by atoms with Crippen LogP contribution in [-0.4, -0.2) is 24.5 Å². The normalized spacial score (nSPS) is 11.4. The van der Waals surface area contributed by atoms with E-state index in [1.54, 1.807) is 36.4 Å². The van der Waals surface area contributed by atoms with Crippen molar-refractivity contribution in [2.45, 2.75) is 31.1 Å². The maximum atomic E-state index is 12.7. The number of carboxylic acid groups (broad SMARTS) is 1. The highest BCUT2D eigenvalue weighted by Crippen LogP contribution is 2.25. The van der Waals surface area contributed by atoms with Crippen LogP contribution in [0.4, 0.5) is 5.69 Å². The molecule has 0 aliphatic carbocycles. The molecule has 2 aromatic carbocycles. The highest BCUT2D eigenvalue weighted by Gasteiger charge is 2.16. The molecule has 0 bridgehead atoms. The summed E-state index contributed by atoms with van der Waals surface area (Å²) in [5, 5.41) is 9.57. The summed E-state index contributed by atoms with van der Waals surface area (Å²) in [4.78, 5) is 15.4. The van der Waals surface area contributed by atoms with Crippen LogP contribution in [0.5, 0.6) is 0 Å². The van der Waals surface area contributed by atoms with Crippen molar-refractivity contribution in [1.82, 2.24) is 4.98 Å². The lowest BCUT2D eigenvalue weighted by Crippen LogP contribution is -2.13. The lowest BCUT2D eigenvalue weighted by Gasteiger charge is -2.11. The zero-order valence-electron chi connectivity index (χ0n) is 14.8. The number of hydrogen-bond acceptors (Lipinski definition) is 4.